The van der Waals surface area contributed by atoms with Crippen molar-refractivity contribution in [3.63, 3.8) is 0 Å². The van der Waals surface area contributed by atoms with Gasteiger partial charge >= 0.3 is 0 Å². The standard InChI is InChI=1S/C17H25N3O2.ClH/c1-12-9-14-11-16(22-15(14)10-13(12)2)17(21)19-5-8-20-6-3-18-4-7-20;/h9-10,16,18H,3-8,11H2,1-2H3,(H,19,21);1H. The van der Waals surface area contributed by atoms with Crippen molar-refractivity contribution in [2.75, 3.05) is 39.3 Å². The summed E-state index contributed by atoms with van der Waals surface area (Å²) in [4.78, 5) is 14.6. The van der Waals surface area contributed by atoms with Crippen LogP contribution in [0, 0.1) is 13.8 Å². The minimum Gasteiger partial charge on any atom is -0.480 e. The van der Waals surface area contributed by atoms with Crippen molar-refractivity contribution in [3.05, 3.63) is 28.8 Å². The van der Waals surface area contributed by atoms with Gasteiger partial charge in [0.1, 0.15) is 5.75 Å². The summed E-state index contributed by atoms with van der Waals surface area (Å²) in [6.45, 7) is 9.94. The summed E-state index contributed by atoms with van der Waals surface area (Å²) in [5.74, 6) is 0.868. The molecule has 0 aliphatic carbocycles. The van der Waals surface area contributed by atoms with Crippen LogP contribution in [-0.2, 0) is 11.2 Å². The number of carbonyl (C=O) groups excluding carboxylic acids is 1. The van der Waals surface area contributed by atoms with E-state index >= 15 is 0 Å². The fourth-order valence-corrected chi connectivity index (χ4v) is 3.05. The van der Waals surface area contributed by atoms with E-state index in [4.69, 9.17) is 4.74 Å². The van der Waals surface area contributed by atoms with Gasteiger partial charge in [0, 0.05) is 45.7 Å². The number of nitrogens with one attached hydrogen (secondary N) is 2. The number of nitrogens with zero attached hydrogens (tertiary/aromatic N) is 1. The third-order valence-corrected chi connectivity index (χ3v) is 4.58. The lowest BCUT2D eigenvalue weighted by molar-refractivity contribution is -0.127. The molecule has 6 heteroatoms. The van der Waals surface area contributed by atoms with E-state index in [1.165, 1.54) is 11.1 Å². The lowest BCUT2D eigenvalue weighted by Gasteiger charge is -2.27. The number of halogens is 1. The first-order valence-corrected chi connectivity index (χ1v) is 8.11. The molecule has 0 radical (unpaired) electrons. The Labute approximate surface area is 144 Å². The highest BCUT2D eigenvalue weighted by Crippen LogP contribution is 2.31. The molecule has 2 aliphatic rings. The van der Waals surface area contributed by atoms with Gasteiger partial charge in [-0.3, -0.25) is 9.69 Å². The zero-order chi connectivity index (χ0) is 15.5. The van der Waals surface area contributed by atoms with Crippen LogP contribution in [0.25, 0.3) is 0 Å². The van der Waals surface area contributed by atoms with Crippen LogP contribution in [0.3, 0.4) is 0 Å². The Morgan fingerprint density at radius 1 is 1.30 bits per heavy atom. The molecular weight excluding hydrogens is 314 g/mol. The van der Waals surface area contributed by atoms with E-state index in [1.807, 2.05) is 6.07 Å². The quantitative estimate of drug-likeness (QED) is 0.861. The first kappa shape index (κ1) is 18.0. The first-order valence-electron chi connectivity index (χ1n) is 8.11. The molecule has 1 unspecified atom stereocenters. The van der Waals surface area contributed by atoms with Crippen molar-refractivity contribution in [2.24, 2.45) is 0 Å². The predicted octanol–water partition coefficient (Wildman–Crippen LogP) is 1.05. The maximum atomic E-state index is 12.3. The number of carbonyl (C=O) groups is 1. The molecule has 0 spiro atoms. The minimum atomic E-state index is -0.376. The summed E-state index contributed by atoms with van der Waals surface area (Å²) in [6, 6.07) is 4.18. The molecule has 1 aromatic rings. The van der Waals surface area contributed by atoms with Crippen molar-refractivity contribution in [1.82, 2.24) is 15.5 Å². The molecule has 1 saturated heterocycles. The molecule has 2 heterocycles. The van der Waals surface area contributed by atoms with E-state index in [0.717, 1.165) is 44.0 Å². The molecule has 5 nitrogen and oxygen atoms in total. The van der Waals surface area contributed by atoms with Crippen LogP contribution in [0.2, 0.25) is 0 Å². The van der Waals surface area contributed by atoms with Crippen LogP contribution in [0.1, 0.15) is 16.7 Å². The van der Waals surface area contributed by atoms with Gasteiger partial charge in [-0.1, -0.05) is 6.07 Å². The second kappa shape index (κ2) is 7.99. The number of aryl methyl sites for hydroxylation is 2. The average molecular weight is 340 g/mol. The van der Waals surface area contributed by atoms with Crippen LogP contribution >= 0.6 is 12.4 Å². The van der Waals surface area contributed by atoms with Crippen LogP contribution < -0.4 is 15.4 Å². The van der Waals surface area contributed by atoms with E-state index in [0.29, 0.717) is 13.0 Å². The second-order valence-corrected chi connectivity index (χ2v) is 6.24. The highest BCUT2D eigenvalue weighted by Gasteiger charge is 2.29. The van der Waals surface area contributed by atoms with Crippen LogP contribution in [0.4, 0.5) is 0 Å². The Bertz CT molecular complexity index is 528. The molecule has 2 aliphatic heterocycles. The normalized spacial score (nSPS) is 20.3. The first-order chi connectivity index (χ1) is 10.6. The van der Waals surface area contributed by atoms with Crippen LogP contribution in [-0.4, -0.2) is 56.2 Å². The Balaban J connectivity index is 0.00000192. The van der Waals surface area contributed by atoms with Crippen LogP contribution in [0.5, 0.6) is 5.75 Å². The van der Waals surface area contributed by atoms with Gasteiger partial charge in [0.25, 0.3) is 5.91 Å². The molecule has 128 valence electrons. The molecule has 1 aromatic carbocycles. The number of amides is 1. The third kappa shape index (κ3) is 4.37. The summed E-state index contributed by atoms with van der Waals surface area (Å²) < 4.78 is 5.81. The molecule has 3 rings (SSSR count). The number of ether oxygens (including phenoxy) is 1. The van der Waals surface area contributed by atoms with Crippen molar-refractivity contribution < 1.29 is 9.53 Å². The van der Waals surface area contributed by atoms with E-state index in [2.05, 4.69) is 35.4 Å². The van der Waals surface area contributed by atoms with E-state index < -0.39 is 0 Å². The van der Waals surface area contributed by atoms with Gasteiger partial charge in [-0.25, -0.2) is 0 Å². The number of hydrogen-bond acceptors (Lipinski definition) is 4. The van der Waals surface area contributed by atoms with Crippen molar-refractivity contribution in [3.8, 4) is 5.75 Å². The minimum absolute atomic E-state index is 0. The largest absolute Gasteiger partial charge is 0.480 e. The molecule has 2 N–H and O–H groups in total. The molecule has 0 bridgehead atoms. The Hall–Kier alpha value is -1.30. The van der Waals surface area contributed by atoms with Crippen molar-refractivity contribution in [2.45, 2.75) is 26.4 Å². The number of piperazine rings is 1. The molecule has 0 saturated carbocycles. The van der Waals surface area contributed by atoms with Gasteiger partial charge in [0.2, 0.25) is 0 Å². The zero-order valence-electron chi connectivity index (χ0n) is 13.9. The highest BCUT2D eigenvalue weighted by molar-refractivity contribution is 5.85. The van der Waals surface area contributed by atoms with Crippen LogP contribution in [0.15, 0.2) is 12.1 Å². The fraction of sp³-hybridized carbons (Fsp3) is 0.588. The summed E-state index contributed by atoms with van der Waals surface area (Å²) in [6.07, 6.45) is 0.301. The maximum Gasteiger partial charge on any atom is 0.261 e. The van der Waals surface area contributed by atoms with Gasteiger partial charge in [-0.05, 0) is 36.6 Å². The summed E-state index contributed by atoms with van der Waals surface area (Å²) in [5.41, 5.74) is 3.60. The monoisotopic (exact) mass is 339 g/mol. The number of hydrogen-bond donors (Lipinski definition) is 2. The summed E-state index contributed by atoms with van der Waals surface area (Å²) in [7, 11) is 0. The molecule has 1 atom stereocenters. The van der Waals surface area contributed by atoms with E-state index in [9.17, 15) is 4.79 Å². The Kier molecular flexibility index (Phi) is 6.27. The molecule has 0 aromatic heterocycles. The molecule has 1 amide bonds. The van der Waals surface area contributed by atoms with Gasteiger partial charge in [-0.2, -0.15) is 0 Å². The van der Waals surface area contributed by atoms with Gasteiger partial charge in [0.15, 0.2) is 6.10 Å². The molecule has 23 heavy (non-hydrogen) atoms. The smallest absolute Gasteiger partial charge is 0.261 e. The Morgan fingerprint density at radius 2 is 2.00 bits per heavy atom. The highest BCUT2D eigenvalue weighted by atomic mass is 35.5. The topological polar surface area (TPSA) is 53.6 Å². The van der Waals surface area contributed by atoms with Crippen molar-refractivity contribution in [1.29, 1.82) is 0 Å². The van der Waals surface area contributed by atoms with Gasteiger partial charge in [-0.15, -0.1) is 12.4 Å². The van der Waals surface area contributed by atoms with Gasteiger partial charge < -0.3 is 15.4 Å². The molecule has 1 fully saturated rings. The van der Waals surface area contributed by atoms with E-state index in [1.54, 1.807) is 0 Å². The zero-order valence-corrected chi connectivity index (χ0v) is 14.7. The fourth-order valence-electron chi connectivity index (χ4n) is 3.05. The summed E-state index contributed by atoms with van der Waals surface area (Å²) >= 11 is 0. The number of benzene rings is 1. The maximum absolute atomic E-state index is 12.3. The SMILES string of the molecule is Cc1cc2c(cc1C)OC(C(=O)NCCN1CCNCC1)C2.Cl. The average Bonchev–Trinajstić information content (AvgIpc) is 2.91. The third-order valence-electron chi connectivity index (χ3n) is 4.58. The van der Waals surface area contributed by atoms with Gasteiger partial charge in [0.05, 0.1) is 0 Å². The molecular formula is C17H26ClN3O2. The lowest BCUT2D eigenvalue weighted by Crippen LogP contribution is -2.47. The summed E-state index contributed by atoms with van der Waals surface area (Å²) in [5, 5.41) is 6.34. The van der Waals surface area contributed by atoms with E-state index in [-0.39, 0.29) is 24.4 Å². The van der Waals surface area contributed by atoms with Crippen molar-refractivity contribution >= 4 is 18.3 Å². The Morgan fingerprint density at radius 3 is 2.74 bits per heavy atom. The number of rotatable bonds is 4. The lowest BCUT2D eigenvalue weighted by atomic mass is 10.0. The number of fused-ring (bicyclic) bond motifs is 1. The second-order valence-electron chi connectivity index (χ2n) is 6.24. The predicted molar refractivity (Wildman–Crippen MR) is 93.6 cm³/mol.